The van der Waals surface area contributed by atoms with E-state index in [4.69, 9.17) is 5.73 Å². The number of carbonyl (C=O) groups excluding carboxylic acids is 1. The number of hydrogen-bond donors (Lipinski definition) is 2. The Kier molecular flexibility index (Phi) is 3.75. The van der Waals surface area contributed by atoms with E-state index in [9.17, 15) is 9.18 Å². The van der Waals surface area contributed by atoms with Crippen LogP contribution in [0.25, 0.3) is 11.1 Å². The maximum absolute atomic E-state index is 13.0. The Morgan fingerprint density at radius 3 is 2.76 bits per heavy atom. The Bertz CT molecular complexity index is 635. The lowest BCUT2D eigenvalue weighted by molar-refractivity contribution is 0.0788. The van der Waals surface area contributed by atoms with E-state index in [-0.39, 0.29) is 11.7 Å². The number of rotatable bonds is 3. The Hall–Kier alpha value is -2.14. The second-order valence-electron chi connectivity index (χ2n) is 5.43. The van der Waals surface area contributed by atoms with Gasteiger partial charge in [-0.05, 0) is 36.6 Å². The van der Waals surface area contributed by atoms with Crippen molar-refractivity contribution in [3.63, 3.8) is 0 Å². The molecule has 5 heteroatoms. The molecule has 110 valence electrons. The van der Waals surface area contributed by atoms with Crippen molar-refractivity contribution in [2.45, 2.75) is 6.42 Å². The molecule has 1 aliphatic rings. The van der Waals surface area contributed by atoms with Gasteiger partial charge < -0.3 is 15.6 Å². The summed E-state index contributed by atoms with van der Waals surface area (Å²) in [6, 6.07) is 6.16. The molecule has 1 atom stereocenters. The van der Waals surface area contributed by atoms with Gasteiger partial charge in [0.25, 0.3) is 5.91 Å². The first-order chi connectivity index (χ1) is 10.2. The number of nitrogens with one attached hydrogen (secondary N) is 1. The van der Waals surface area contributed by atoms with Gasteiger partial charge in [-0.25, -0.2) is 4.39 Å². The van der Waals surface area contributed by atoms with Gasteiger partial charge in [0, 0.05) is 31.0 Å². The molecule has 0 aliphatic carbocycles. The summed E-state index contributed by atoms with van der Waals surface area (Å²) < 4.78 is 13.0. The second-order valence-corrected chi connectivity index (χ2v) is 5.43. The molecule has 1 saturated heterocycles. The maximum atomic E-state index is 13.0. The van der Waals surface area contributed by atoms with Crippen LogP contribution in [-0.2, 0) is 0 Å². The number of benzene rings is 1. The third-order valence-electron chi connectivity index (χ3n) is 4.04. The molecule has 3 N–H and O–H groups in total. The van der Waals surface area contributed by atoms with Crippen molar-refractivity contribution in [1.29, 1.82) is 0 Å². The average Bonchev–Trinajstić information content (AvgIpc) is 3.16. The zero-order valence-electron chi connectivity index (χ0n) is 11.7. The highest BCUT2D eigenvalue weighted by atomic mass is 19.1. The number of aromatic amines is 1. The SMILES string of the molecule is NC[C@H]1CCN(C(=O)c2c[nH]cc2-c2ccc(F)cc2)C1. The van der Waals surface area contributed by atoms with Crippen LogP contribution in [0.1, 0.15) is 16.8 Å². The van der Waals surface area contributed by atoms with Gasteiger partial charge in [0.2, 0.25) is 0 Å². The smallest absolute Gasteiger partial charge is 0.256 e. The molecule has 4 nitrogen and oxygen atoms in total. The predicted octanol–water partition coefficient (Wildman–Crippen LogP) is 2.24. The number of nitrogens with zero attached hydrogens (tertiary/aromatic N) is 1. The van der Waals surface area contributed by atoms with Crippen LogP contribution in [0.5, 0.6) is 0 Å². The molecule has 0 saturated carbocycles. The van der Waals surface area contributed by atoms with E-state index in [0.29, 0.717) is 24.6 Å². The molecule has 21 heavy (non-hydrogen) atoms. The summed E-state index contributed by atoms with van der Waals surface area (Å²) in [6.07, 6.45) is 4.44. The van der Waals surface area contributed by atoms with Crippen molar-refractivity contribution in [2.75, 3.05) is 19.6 Å². The molecule has 0 bridgehead atoms. The molecular formula is C16H18FN3O. The molecule has 2 heterocycles. The van der Waals surface area contributed by atoms with Gasteiger partial charge in [0.1, 0.15) is 5.82 Å². The van der Waals surface area contributed by atoms with Gasteiger partial charge in [-0.2, -0.15) is 0 Å². The predicted molar refractivity (Wildman–Crippen MR) is 79.3 cm³/mol. The first kappa shape index (κ1) is 13.8. The lowest BCUT2D eigenvalue weighted by Crippen LogP contribution is -2.29. The van der Waals surface area contributed by atoms with Gasteiger partial charge in [-0.15, -0.1) is 0 Å². The topological polar surface area (TPSA) is 62.1 Å². The van der Waals surface area contributed by atoms with Crippen molar-refractivity contribution >= 4 is 5.91 Å². The number of hydrogen-bond acceptors (Lipinski definition) is 2. The minimum absolute atomic E-state index is 0.00604. The fourth-order valence-corrected chi connectivity index (χ4v) is 2.79. The van der Waals surface area contributed by atoms with Crippen LogP contribution in [0.2, 0.25) is 0 Å². The van der Waals surface area contributed by atoms with E-state index in [1.165, 1.54) is 12.1 Å². The molecule has 2 aromatic rings. The summed E-state index contributed by atoms with van der Waals surface area (Å²) in [7, 11) is 0. The first-order valence-electron chi connectivity index (χ1n) is 7.11. The van der Waals surface area contributed by atoms with Crippen LogP contribution in [0, 0.1) is 11.7 Å². The van der Waals surface area contributed by atoms with Crippen molar-refractivity contribution in [2.24, 2.45) is 11.7 Å². The van der Waals surface area contributed by atoms with Gasteiger partial charge in [-0.1, -0.05) is 12.1 Å². The summed E-state index contributed by atoms with van der Waals surface area (Å²) in [5, 5.41) is 0. The molecule has 0 spiro atoms. The summed E-state index contributed by atoms with van der Waals surface area (Å²) in [4.78, 5) is 17.4. The Labute approximate surface area is 122 Å². The number of carbonyl (C=O) groups is 1. The zero-order valence-corrected chi connectivity index (χ0v) is 11.7. The fraction of sp³-hybridized carbons (Fsp3) is 0.312. The van der Waals surface area contributed by atoms with Crippen molar-refractivity contribution < 1.29 is 9.18 Å². The van der Waals surface area contributed by atoms with Crippen LogP contribution in [0.15, 0.2) is 36.7 Å². The van der Waals surface area contributed by atoms with Crippen molar-refractivity contribution in [3.05, 3.63) is 48.0 Å². The minimum Gasteiger partial charge on any atom is -0.366 e. The molecule has 0 radical (unpaired) electrons. The molecular weight excluding hydrogens is 269 g/mol. The summed E-state index contributed by atoms with van der Waals surface area (Å²) >= 11 is 0. The monoisotopic (exact) mass is 287 g/mol. The zero-order chi connectivity index (χ0) is 14.8. The van der Waals surface area contributed by atoms with Crippen LogP contribution >= 0.6 is 0 Å². The Morgan fingerprint density at radius 2 is 2.10 bits per heavy atom. The summed E-state index contributed by atoms with van der Waals surface area (Å²) in [5.41, 5.74) is 7.93. The number of amides is 1. The van der Waals surface area contributed by atoms with E-state index in [2.05, 4.69) is 4.98 Å². The number of H-pyrrole nitrogens is 1. The Morgan fingerprint density at radius 1 is 1.33 bits per heavy atom. The highest BCUT2D eigenvalue weighted by molar-refractivity contribution is 6.00. The van der Waals surface area contributed by atoms with Gasteiger partial charge in [0.05, 0.1) is 5.56 Å². The van der Waals surface area contributed by atoms with E-state index in [0.717, 1.165) is 24.1 Å². The van der Waals surface area contributed by atoms with Gasteiger partial charge >= 0.3 is 0 Å². The molecule has 1 aromatic carbocycles. The van der Waals surface area contributed by atoms with E-state index in [1.807, 2.05) is 4.90 Å². The Balaban J connectivity index is 1.85. The summed E-state index contributed by atoms with van der Waals surface area (Å²) in [5.74, 6) is 0.112. The summed E-state index contributed by atoms with van der Waals surface area (Å²) in [6.45, 7) is 2.07. The van der Waals surface area contributed by atoms with E-state index < -0.39 is 0 Å². The highest BCUT2D eigenvalue weighted by Crippen LogP contribution is 2.26. The van der Waals surface area contributed by atoms with Gasteiger partial charge in [-0.3, -0.25) is 4.79 Å². The van der Waals surface area contributed by atoms with Crippen LogP contribution < -0.4 is 5.73 Å². The number of likely N-dealkylation sites (tertiary alicyclic amines) is 1. The standard InChI is InChI=1S/C16H18FN3O/c17-13-3-1-12(2-4-13)14-8-19-9-15(14)16(21)20-6-5-11(7-18)10-20/h1-4,8-9,11,19H,5-7,10,18H2/t11-/m1/s1. The van der Waals surface area contributed by atoms with Crippen LogP contribution in [0.4, 0.5) is 4.39 Å². The average molecular weight is 287 g/mol. The third-order valence-corrected chi connectivity index (χ3v) is 4.04. The largest absolute Gasteiger partial charge is 0.366 e. The lowest BCUT2D eigenvalue weighted by atomic mass is 10.0. The third kappa shape index (κ3) is 2.69. The number of nitrogens with two attached hydrogens (primary N) is 1. The second kappa shape index (κ2) is 5.69. The minimum atomic E-state index is -0.285. The first-order valence-corrected chi connectivity index (χ1v) is 7.11. The highest BCUT2D eigenvalue weighted by Gasteiger charge is 2.27. The molecule has 1 fully saturated rings. The molecule has 3 rings (SSSR count). The van der Waals surface area contributed by atoms with Crippen LogP contribution in [-0.4, -0.2) is 35.4 Å². The maximum Gasteiger partial charge on any atom is 0.256 e. The quantitative estimate of drug-likeness (QED) is 0.909. The number of aromatic nitrogens is 1. The van der Waals surface area contributed by atoms with Crippen LogP contribution in [0.3, 0.4) is 0 Å². The molecule has 1 aromatic heterocycles. The van der Waals surface area contributed by atoms with Crippen molar-refractivity contribution in [3.8, 4) is 11.1 Å². The lowest BCUT2D eigenvalue weighted by Gasteiger charge is -2.16. The van der Waals surface area contributed by atoms with E-state index in [1.54, 1.807) is 24.5 Å². The fourth-order valence-electron chi connectivity index (χ4n) is 2.79. The molecule has 0 unspecified atom stereocenters. The van der Waals surface area contributed by atoms with Gasteiger partial charge in [0.15, 0.2) is 0 Å². The van der Waals surface area contributed by atoms with E-state index >= 15 is 0 Å². The van der Waals surface area contributed by atoms with Crippen molar-refractivity contribution in [1.82, 2.24) is 9.88 Å². The molecule has 1 amide bonds. The molecule has 1 aliphatic heterocycles. The number of halogens is 1. The normalized spacial score (nSPS) is 18.2.